The highest BCUT2D eigenvalue weighted by molar-refractivity contribution is 9.10. The Kier molecular flexibility index (Phi) is 14.1. The first kappa shape index (κ1) is 39.1. The highest BCUT2D eigenvalue weighted by Gasteiger charge is 2.35. The lowest BCUT2D eigenvalue weighted by molar-refractivity contribution is -0.126. The lowest BCUT2D eigenvalue weighted by Crippen LogP contribution is -2.42. The number of aliphatic imine (C=N–C) groups is 1. The van der Waals surface area contributed by atoms with Crippen LogP contribution in [0.1, 0.15) is 42.1 Å². The molecule has 0 unspecified atom stereocenters. The van der Waals surface area contributed by atoms with Gasteiger partial charge >= 0.3 is 0 Å². The van der Waals surface area contributed by atoms with Crippen molar-refractivity contribution in [1.29, 1.82) is 0 Å². The predicted molar refractivity (Wildman–Crippen MR) is 217 cm³/mol. The van der Waals surface area contributed by atoms with E-state index in [0.29, 0.717) is 38.9 Å². The first-order valence-electron chi connectivity index (χ1n) is 16.7. The van der Waals surface area contributed by atoms with Crippen LogP contribution < -0.4 is 14.8 Å². The minimum atomic E-state index is -0.739. The SMILES string of the molecule is C=C/C=C\C(=C/C)N1C(=O)/C(=C/c2cc(OCC)c(OCc3ccc(Cl)cc3)cc2Br)C(=O)N=C1SCC(=O)NC(c1ccccc1)c1ccccc1. The quantitative estimate of drug-likeness (QED) is 0.0775. The van der Waals surface area contributed by atoms with E-state index < -0.39 is 17.9 Å². The van der Waals surface area contributed by atoms with E-state index in [9.17, 15) is 14.4 Å². The van der Waals surface area contributed by atoms with Gasteiger partial charge in [-0.1, -0.05) is 137 Å². The number of rotatable bonds is 14. The van der Waals surface area contributed by atoms with Crippen LogP contribution >= 0.6 is 39.3 Å². The van der Waals surface area contributed by atoms with Gasteiger partial charge in [-0.05, 0) is 72.5 Å². The van der Waals surface area contributed by atoms with Gasteiger partial charge < -0.3 is 14.8 Å². The number of amides is 3. The molecule has 53 heavy (non-hydrogen) atoms. The van der Waals surface area contributed by atoms with Crippen molar-refractivity contribution in [3.63, 3.8) is 0 Å². The summed E-state index contributed by atoms with van der Waals surface area (Å²) in [7, 11) is 0. The molecule has 1 N–H and O–H groups in total. The summed E-state index contributed by atoms with van der Waals surface area (Å²) in [6, 6.07) is 29.7. The number of thioether (sulfide) groups is 1. The molecule has 0 spiro atoms. The van der Waals surface area contributed by atoms with E-state index in [2.05, 4.69) is 32.8 Å². The Hall–Kier alpha value is -5.16. The zero-order valence-corrected chi connectivity index (χ0v) is 32.3. The zero-order chi connectivity index (χ0) is 37.7. The van der Waals surface area contributed by atoms with E-state index >= 15 is 0 Å². The second-order valence-electron chi connectivity index (χ2n) is 11.5. The monoisotopic (exact) mass is 809 g/mol. The van der Waals surface area contributed by atoms with E-state index in [0.717, 1.165) is 28.5 Å². The minimum absolute atomic E-state index is 0.0742. The molecule has 4 aromatic carbocycles. The van der Waals surface area contributed by atoms with E-state index in [-0.39, 0.29) is 29.0 Å². The van der Waals surface area contributed by atoms with Gasteiger partial charge in [-0.15, -0.1) is 0 Å². The Bertz CT molecular complexity index is 2040. The van der Waals surface area contributed by atoms with Crippen LogP contribution in [0.4, 0.5) is 0 Å². The fourth-order valence-corrected chi connectivity index (χ4v) is 6.70. The number of ether oxygens (including phenoxy) is 2. The molecule has 0 atom stereocenters. The first-order chi connectivity index (χ1) is 25.7. The highest BCUT2D eigenvalue weighted by Crippen LogP contribution is 2.36. The van der Waals surface area contributed by atoms with E-state index in [4.69, 9.17) is 21.1 Å². The summed E-state index contributed by atoms with van der Waals surface area (Å²) in [5.41, 5.74) is 3.53. The second-order valence-corrected chi connectivity index (χ2v) is 13.7. The van der Waals surface area contributed by atoms with Crippen LogP contribution in [0.25, 0.3) is 6.08 Å². The number of carbonyl (C=O) groups is 3. The third kappa shape index (κ3) is 10.3. The van der Waals surface area contributed by atoms with Gasteiger partial charge in [0.05, 0.1) is 18.4 Å². The zero-order valence-electron chi connectivity index (χ0n) is 29.1. The lowest BCUT2D eigenvalue weighted by Gasteiger charge is -2.28. The van der Waals surface area contributed by atoms with E-state index in [1.54, 1.807) is 55.5 Å². The molecule has 3 amide bonds. The third-order valence-electron chi connectivity index (χ3n) is 7.88. The third-order valence-corrected chi connectivity index (χ3v) is 9.76. The summed E-state index contributed by atoms with van der Waals surface area (Å²) < 4.78 is 12.5. The van der Waals surface area contributed by atoms with Gasteiger partial charge in [0.25, 0.3) is 11.8 Å². The van der Waals surface area contributed by atoms with E-state index in [1.807, 2.05) is 79.7 Å². The summed E-state index contributed by atoms with van der Waals surface area (Å²) in [6.45, 7) is 7.98. The summed E-state index contributed by atoms with van der Waals surface area (Å²) >= 11 is 10.6. The van der Waals surface area contributed by atoms with Gasteiger partial charge in [0.2, 0.25) is 5.91 Å². The van der Waals surface area contributed by atoms with Gasteiger partial charge in [0, 0.05) is 15.2 Å². The fraction of sp³-hybridized carbons (Fsp3) is 0.143. The molecule has 5 rings (SSSR count). The number of amidine groups is 1. The molecule has 8 nitrogen and oxygen atoms in total. The van der Waals surface area contributed by atoms with Gasteiger partial charge in [0.1, 0.15) is 12.2 Å². The Morgan fingerprint density at radius 2 is 1.62 bits per heavy atom. The number of nitrogens with one attached hydrogen (secondary N) is 1. The van der Waals surface area contributed by atoms with Crippen molar-refractivity contribution in [2.45, 2.75) is 26.5 Å². The second kappa shape index (κ2) is 19.1. The average Bonchev–Trinajstić information content (AvgIpc) is 3.17. The van der Waals surface area contributed by atoms with Crippen molar-refractivity contribution < 1.29 is 23.9 Å². The van der Waals surface area contributed by atoms with Crippen molar-refractivity contribution >= 4 is 68.3 Å². The number of hydrogen-bond donors (Lipinski definition) is 1. The van der Waals surface area contributed by atoms with Crippen LogP contribution in [-0.2, 0) is 21.0 Å². The molecule has 1 aliphatic rings. The molecule has 0 radical (unpaired) electrons. The predicted octanol–water partition coefficient (Wildman–Crippen LogP) is 9.47. The van der Waals surface area contributed by atoms with Crippen LogP contribution in [0.2, 0.25) is 5.02 Å². The molecule has 11 heteroatoms. The normalized spacial score (nSPS) is 14.1. The molecule has 270 valence electrons. The Labute approximate surface area is 327 Å². The lowest BCUT2D eigenvalue weighted by atomic mass is 9.99. The topological polar surface area (TPSA) is 97.3 Å². The number of nitrogens with zero attached hydrogens (tertiary/aromatic N) is 2. The fourth-order valence-electron chi connectivity index (χ4n) is 5.33. The van der Waals surface area contributed by atoms with Crippen LogP contribution in [-0.4, -0.2) is 40.1 Å². The molecule has 0 aliphatic carbocycles. The molecule has 1 aliphatic heterocycles. The van der Waals surface area contributed by atoms with Crippen LogP contribution in [0.15, 0.2) is 149 Å². The van der Waals surface area contributed by atoms with Crippen molar-refractivity contribution in [3.8, 4) is 11.5 Å². The van der Waals surface area contributed by atoms with Gasteiger partial charge in [-0.2, -0.15) is 4.99 Å². The van der Waals surface area contributed by atoms with Crippen molar-refractivity contribution in [2.75, 3.05) is 12.4 Å². The number of benzene rings is 4. The van der Waals surface area contributed by atoms with Crippen LogP contribution in [0.3, 0.4) is 0 Å². The maximum atomic E-state index is 14.2. The summed E-state index contributed by atoms with van der Waals surface area (Å²) in [5.74, 6) is -0.839. The van der Waals surface area contributed by atoms with Gasteiger partial charge in [0.15, 0.2) is 16.7 Å². The molecule has 0 fully saturated rings. The number of halogens is 2. The van der Waals surface area contributed by atoms with Gasteiger partial charge in [-0.25, -0.2) is 0 Å². The largest absolute Gasteiger partial charge is 0.490 e. The average molecular weight is 811 g/mol. The molecule has 4 aromatic rings. The molecule has 0 bridgehead atoms. The maximum Gasteiger partial charge on any atom is 0.285 e. The van der Waals surface area contributed by atoms with Crippen molar-refractivity contribution in [2.24, 2.45) is 4.99 Å². The van der Waals surface area contributed by atoms with E-state index in [1.165, 1.54) is 11.0 Å². The number of allylic oxidation sites excluding steroid dienone is 4. The smallest absolute Gasteiger partial charge is 0.285 e. The molecular weight excluding hydrogens is 774 g/mol. The van der Waals surface area contributed by atoms with Crippen molar-refractivity contribution in [1.82, 2.24) is 10.2 Å². The molecule has 1 heterocycles. The first-order valence-corrected chi connectivity index (χ1v) is 18.9. The van der Waals surface area contributed by atoms with Crippen LogP contribution in [0.5, 0.6) is 11.5 Å². The van der Waals surface area contributed by atoms with Crippen LogP contribution in [0, 0.1) is 0 Å². The Morgan fingerprint density at radius 1 is 0.981 bits per heavy atom. The summed E-state index contributed by atoms with van der Waals surface area (Å²) in [4.78, 5) is 47.0. The molecule has 0 saturated heterocycles. The molecule has 0 saturated carbocycles. The molecule has 0 aromatic heterocycles. The standard InChI is InChI=1S/C42H37BrClN3O5S/c1-4-7-18-33(5-2)47-41(50)34(23-31-24-36(51-6-3)37(25-35(31)43)52-26-28-19-21-32(44)22-20-28)40(49)46-42(47)53-27-38(48)45-39(29-14-10-8-11-15-29)30-16-12-9-13-17-30/h4-5,7-25,39H,1,6,26-27H2,2-3H3,(H,45,48)/b18-7-,33-5+,34-23+. The number of carbonyl (C=O) groups excluding carboxylic acids is 3. The van der Waals surface area contributed by atoms with Crippen molar-refractivity contribution in [3.05, 3.63) is 171 Å². The summed E-state index contributed by atoms with van der Waals surface area (Å²) in [5, 5.41) is 3.81. The Morgan fingerprint density at radius 3 is 2.23 bits per heavy atom. The maximum absolute atomic E-state index is 14.2. The van der Waals surface area contributed by atoms with Gasteiger partial charge in [-0.3, -0.25) is 19.3 Å². The molecular formula is C42H37BrClN3O5S. The number of hydrogen-bond acceptors (Lipinski definition) is 6. The Balaban J connectivity index is 1.42. The highest BCUT2D eigenvalue weighted by atomic mass is 79.9. The summed E-state index contributed by atoms with van der Waals surface area (Å²) in [6.07, 6.45) is 8.13. The minimum Gasteiger partial charge on any atom is -0.490 e.